The van der Waals surface area contributed by atoms with Gasteiger partial charge in [0.15, 0.2) is 0 Å². The first-order chi connectivity index (χ1) is 20.1. The van der Waals surface area contributed by atoms with Crippen LogP contribution in [0, 0.1) is 13.8 Å². The molecule has 6 N–H and O–H groups in total. The Hall–Kier alpha value is -4.41. The van der Waals surface area contributed by atoms with E-state index in [1.807, 2.05) is 30.3 Å². The van der Waals surface area contributed by atoms with Crippen molar-refractivity contribution < 1.29 is 0 Å². The van der Waals surface area contributed by atoms with Gasteiger partial charge in [-0.2, -0.15) is 0 Å². The fourth-order valence-corrected chi connectivity index (χ4v) is 6.32. The fraction of sp³-hybridized carbons (Fsp3) is 0.194. The highest BCUT2D eigenvalue weighted by atomic mass is 32.1. The van der Waals surface area contributed by atoms with Crippen molar-refractivity contribution in [3.63, 3.8) is 0 Å². The standard InChI is InChI=1S/C31H34N8S2/c1-21-19-25(34-37-29-14-15-30(41-29)39-16-6-7-17-39)11-12-26(21)35-33-24-10-13-27(22(2)18-24)36-38-31-32-28(20-40-31)23-8-4-3-5-9-23/h3-5,8-15,18-20,33-37H,6-7,16-17H2,1-2H3,(H,32,38). The number of anilines is 7. The van der Waals surface area contributed by atoms with Crippen LogP contribution in [0.1, 0.15) is 24.0 Å². The summed E-state index contributed by atoms with van der Waals surface area (Å²) in [7, 11) is 0. The minimum absolute atomic E-state index is 0.818. The number of benzene rings is 3. The van der Waals surface area contributed by atoms with Crippen molar-refractivity contribution in [3.8, 4) is 11.3 Å². The fourth-order valence-electron chi connectivity index (χ4n) is 4.73. The summed E-state index contributed by atoms with van der Waals surface area (Å²) < 4.78 is 0. The van der Waals surface area contributed by atoms with E-state index in [1.165, 1.54) is 17.8 Å². The molecule has 0 radical (unpaired) electrons. The molecule has 210 valence electrons. The molecule has 1 aliphatic heterocycles. The van der Waals surface area contributed by atoms with E-state index in [2.05, 4.69) is 110 Å². The third-order valence-corrected chi connectivity index (χ3v) is 8.83. The van der Waals surface area contributed by atoms with Gasteiger partial charge in [0.25, 0.3) is 0 Å². The van der Waals surface area contributed by atoms with Gasteiger partial charge >= 0.3 is 0 Å². The van der Waals surface area contributed by atoms with Crippen LogP contribution in [0.5, 0.6) is 0 Å². The average molecular weight is 583 g/mol. The molecule has 41 heavy (non-hydrogen) atoms. The van der Waals surface area contributed by atoms with E-state index in [0.29, 0.717) is 0 Å². The normalized spacial score (nSPS) is 12.7. The third kappa shape index (κ3) is 6.67. The smallest absolute Gasteiger partial charge is 0.202 e. The number of thiophene rings is 1. The number of nitrogens with zero attached hydrogens (tertiary/aromatic N) is 2. The Morgan fingerprint density at radius 1 is 0.683 bits per heavy atom. The van der Waals surface area contributed by atoms with Crippen LogP contribution < -0.4 is 37.5 Å². The maximum atomic E-state index is 4.68. The van der Waals surface area contributed by atoms with Crippen LogP contribution in [0.2, 0.25) is 0 Å². The van der Waals surface area contributed by atoms with Gasteiger partial charge in [0, 0.05) is 24.0 Å². The van der Waals surface area contributed by atoms with E-state index in [4.69, 9.17) is 0 Å². The molecule has 0 amide bonds. The van der Waals surface area contributed by atoms with Gasteiger partial charge < -0.3 is 21.2 Å². The maximum absolute atomic E-state index is 4.68. The Morgan fingerprint density at radius 2 is 1.34 bits per heavy atom. The van der Waals surface area contributed by atoms with Crippen molar-refractivity contribution in [2.24, 2.45) is 0 Å². The Morgan fingerprint density at radius 3 is 2.02 bits per heavy atom. The molecule has 0 unspecified atom stereocenters. The molecular formula is C31H34N8S2. The molecule has 0 saturated carbocycles. The molecule has 5 aromatic rings. The van der Waals surface area contributed by atoms with Crippen LogP contribution in [0.4, 0.5) is 37.9 Å². The van der Waals surface area contributed by atoms with Gasteiger partial charge in [0.1, 0.15) is 5.00 Å². The molecule has 0 bridgehead atoms. The molecule has 6 rings (SSSR count). The predicted molar refractivity (Wildman–Crippen MR) is 177 cm³/mol. The van der Waals surface area contributed by atoms with Crippen LogP contribution in [0.25, 0.3) is 11.3 Å². The summed E-state index contributed by atoms with van der Waals surface area (Å²) in [6.45, 7) is 6.50. The van der Waals surface area contributed by atoms with Crippen molar-refractivity contribution in [2.45, 2.75) is 26.7 Å². The number of nitrogens with one attached hydrogen (secondary N) is 6. The molecule has 1 saturated heterocycles. The Labute approximate surface area is 248 Å². The van der Waals surface area contributed by atoms with Crippen LogP contribution in [0.15, 0.2) is 84.2 Å². The zero-order chi connectivity index (χ0) is 28.0. The lowest BCUT2D eigenvalue weighted by molar-refractivity contribution is 0.949. The largest absolute Gasteiger partial charge is 0.363 e. The van der Waals surface area contributed by atoms with Gasteiger partial charge in [-0.25, -0.2) is 4.98 Å². The second-order valence-corrected chi connectivity index (χ2v) is 12.0. The van der Waals surface area contributed by atoms with Crippen LogP contribution in [-0.4, -0.2) is 18.1 Å². The van der Waals surface area contributed by atoms with E-state index < -0.39 is 0 Å². The first-order valence-corrected chi connectivity index (χ1v) is 15.4. The highest BCUT2D eigenvalue weighted by Crippen LogP contribution is 2.32. The third-order valence-electron chi connectivity index (χ3n) is 7.01. The van der Waals surface area contributed by atoms with Crippen molar-refractivity contribution in [1.82, 2.24) is 4.98 Å². The number of hydrogen-bond acceptors (Lipinski definition) is 10. The Balaban J connectivity index is 0.991. The molecule has 0 spiro atoms. The van der Waals surface area contributed by atoms with E-state index >= 15 is 0 Å². The quantitative estimate of drug-likeness (QED) is 0.0866. The Bertz CT molecular complexity index is 1590. The monoisotopic (exact) mass is 582 g/mol. The number of aryl methyl sites for hydroxylation is 2. The number of hydrogen-bond donors (Lipinski definition) is 6. The SMILES string of the molecule is Cc1cc(NNc2ccc(N3CCCC3)s2)ccc1NNc1ccc(NNc2nc(-c3ccccc3)cs2)c(C)c1. The minimum Gasteiger partial charge on any atom is -0.363 e. The van der Waals surface area contributed by atoms with Crippen molar-refractivity contribution in [2.75, 3.05) is 50.5 Å². The Kier molecular flexibility index (Phi) is 8.11. The van der Waals surface area contributed by atoms with Gasteiger partial charge in [-0.1, -0.05) is 41.7 Å². The van der Waals surface area contributed by atoms with Gasteiger partial charge in [-0.3, -0.25) is 16.3 Å². The van der Waals surface area contributed by atoms with Gasteiger partial charge in [0.05, 0.1) is 33.4 Å². The summed E-state index contributed by atoms with van der Waals surface area (Å²) >= 11 is 3.36. The summed E-state index contributed by atoms with van der Waals surface area (Å²) in [4.78, 5) is 7.13. The lowest BCUT2D eigenvalue weighted by atomic mass is 10.2. The molecule has 3 aromatic carbocycles. The first-order valence-electron chi connectivity index (χ1n) is 13.7. The molecule has 3 heterocycles. The molecule has 1 aliphatic rings. The first kappa shape index (κ1) is 26.8. The summed E-state index contributed by atoms with van der Waals surface area (Å²) in [6.07, 6.45) is 2.58. The summed E-state index contributed by atoms with van der Waals surface area (Å²) in [5.74, 6) is 0. The van der Waals surface area contributed by atoms with Crippen molar-refractivity contribution in [1.29, 1.82) is 0 Å². The molecule has 8 nitrogen and oxygen atoms in total. The van der Waals surface area contributed by atoms with E-state index in [-0.39, 0.29) is 0 Å². The van der Waals surface area contributed by atoms with Crippen LogP contribution in [-0.2, 0) is 0 Å². The molecular weight excluding hydrogens is 549 g/mol. The van der Waals surface area contributed by atoms with Crippen molar-refractivity contribution >= 4 is 60.6 Å². The zero-order valence-corrected chi connectivity index (χ0v) is 24.8. The highest BCUT2D eigenvalue weighted by molar-refractivity contribution is 7.20. The predicted octanol–water partition coefficient (Wildman–Crippen LogP) is 8.41. The van der Waals surface area contributed by atoms with Crippen LogP contribution in [0.3, 0.4) is 0 Å². The molecule has 0 atom stereocenters. The molecule has 2 aromatic heterocycles. The summed E-state index contributed by atoms with van der Waals surface area (Å²) in [5, 5.41) is 5.32. The lowest BCUT2D eigenvalue weighted by Crippen LogP contribution is -2.15. The highest BCUT2D eigenvalue weighted by Gasteiger charge is 2.14. The van der Waals surface area contributed by atoms with Gasteiger partial charge in [0.2, 0.25) is 5.13 Å². The zero-order valence-electron chi connectivity index (χ0n) is 23.1. The van der Waals surface area contributed by atoms with E-state index in [1.54, 1.807) is 22.7 Å². The van der Waals surface area contributed by atoms with E-state index in [9.17, 15) is 0 Å². The van der Waals surface area contributed by atoms with Crippen LogP contribution >= 0.6 is 22.7 Å². The van der Waals surface area contributed by atoms with Gasteiger partial charge in [-0.05, 0) is 86.3 Å². The average Bonchev–Trinajstić information content (AvgIpc) is 3.78. The summed E-state index contributed by atoms with van der Waals surface area (Å²) in [6, 6.07) is 27.0. The van der Waals surface area contributed by atoms with E-state index in [0.717, 1.165) is 68.4 Å². The topological polar surface area (TPSA) is 88.3 Å². The number of hydrazine groups is 3. The summed E-state index contributed by atoms with van der Waals surface area (Å²) in [5.41, 5.74) is 28.2. The molecule has 1 fully saturated rings. The van der Waals surface area contributed by atoms with Gasteiger partial charge in [-0.15, -0.1) is 11.3 Å². The molecule has 10 heteroatoms. The number of aromatic nitrogens is 1. The molecule has 0 aliphatic carbocycles. The second-order valence-electron chi connectivity index (χ2n) is 10.0. The lowest BCUT2D eigenvalue weighted by Gasteiger charge is -2.16. The minimum atomic E-state index is 0.818. The second kappa shape index (κ2) is 12.4. The number of rotatable bonds is 11. The van der Waals surface area contributed by atoms with Crippen molar-refractivity contribution in [3.05, 3.63) is 95.4 Å². The maximum Gasteiger partial charge on any atom is 0.202 e. The number of thiazole rings is 1.